The fourth-order valence-corrected chi connectivity index (χ4v) is 3.56. The largest absolute Gasteiger partial charge is 0.367 e. The number of carbonyl (C=O) groups is 1. The Kier molecular flexibility index (Phi) is 3.28. The lowest BCUT2D eigenvalue weighted by Gasteiger charge is -2.09. The fourth-order valence-electron chi connectivity index (χ4n) is 1.86. The van der Waals surface area contributed by atoms with Crippen molar-refractivity contribution < 1.29 is 9.53 Å². The van der Waals surface area contributed by atoms with Gasteiger partial charge in [0.15, 0.2) is 5.78 Å². The normalized spacial score (nSPS) is 25.8. The topological polar surface area (TPSA) is 26.3 Å². The van der Waals surface area contributed by atoms with Crippen LogP contribution in [0.3, 0.4) is 0 Å². The third kappa shape index (κ3) is 2.32. The highest BCUT2D eigenvalue weighted by Crippen LogP contribution is 2.30. The predicted octanol–water partition coefficient (Wildman–Crippen LogP) is 3.57. The summed E-state index contributed by atoms with van der Waals surface area (Å²) in [6, 6.07) is 1.90. The van der Waals surface area contributed by atoms with Gasteiger partial charge in [-0.1, -0.05) is 0 Å². The molecule has 4 heteroatoms. The van der Waals surface area contributed by atoms with Crippen LogP contribution in [0.1, 0.15) is 35.0 Å². The van der Waals surface area contributed by atoms with Crippen molar-refractivity contribution in [2.45, 2.75) is 38.9 Å². The molecule has 0 saturated carbocycles. The van der Waals surface area contributed by atoms with Crippen molar-refractivity contribution >= 4 is 33.0 Å². The lowest BCUT2D eigenvalue weighted by atomic mass is 10.1. The van der Waals surface area contributed by atoms with Gasteiger partial charge in [-0.25, -0.2) is 0 Å². The molecule has 0 N–H and O–H groups in total. The van der Waals surface area contributed by atoms with E-state index < -0.39 is 0 Å². The average Bonchev–Trinajstić information content (AvgIpc) is 2.71. The number of halogens is 1. The first-order chi connectivity index (χ1) is 7.08. The van der Waals surface area contributed by atoms with Gasteiger partial charge in [0.1, 0.15) is 6.10 Å². The minimum Gasteiger partial charge on any atom is -0.367 e. The molecule has 1 aromatic heterocycles. The number of ether oxygens (including phenoxy) is 1. The molecule has 2 nitrogen and oxygen atoms in total. The summed E-state index contributed by atoms with van der Waals surface area (Å²) in [4.78, 5) is 13.2. The third-order valence-corrected chi connectivity index (χ3v) is 4.23. The van der Waals surface area contributed by atoms with Crippen LogP contribution in [0.4, 0.5) is 0 Å². The van der Waals surface area contributed by atoms with Gasteiger partial charge in [-0.2, -0.15) is 0 Å². The Morgan fingerprint density at radius 1 is 1.60 bits per heavy atom. The van der Waals surface area contributed by atoms with Crippen LogP contribution in [-0.4, -0.2) is 18.0 Å². The summed E-state index contributed by atoms with van der Waals surface area (Å²) in [5.41, 5.74) is 0.811. The fraction of sp³-hybridized carbons (Fsp3) is 0.545. The van der Waals surface area contributed by atoms with Crippen LogP contribution in [-0.2, 0) is 4.74 Å². The molecule has 1 aliphatic heterocycles. The zero-order valence-corrected chi connectivity index (χ0v) is 11.2. The predicted molar refractivity (Wildman–Crippen MR) is 64.7 cm³/mol. The summed E-state index contributed by atoms with van der Waals surface area (Å²) in [5.74, 6) is 0.138. The van der Waals surface area contributed by atoms with Gasteiger partial charge in [0.05, 0.1) is 9.89 Å². The molecule has 2 atom stereocenters. The lowest BCUT2D eigenvalue weighted by molar-refractivity contribution is 0.0433. The van der Waals surface area contributed by atoms with Crippen LogP contribution in [0.2, 0.25) is 0 Å². The number of hydrogen-bond acceptors (Lipinski definition) is 3. The number of ketones is 1. The molecule has 2 unspecified atom stereocenters. The summed E-state index contributed by atoms with van der Waals surface area (Å²) in [6.45, 7) is 3.99. The molecule has 0 bridgehead atoms. The summed E-state index contributed by atoms with van der Waals surface area (Å²) >= 11 is 4.99. The monoisotopic (exact) mass is 288 g/mol. The van der Waals surface area contributed by atoms with Crippen LogP contribution in [0, 0.1) is 6.92 Å². The maximum Gasteiger partial charge on any atom is 0.192 e. The van der Waals surface area contributed by atoms with E-state index in [9.17, 15) is 4.79 Å². The Hall–Kier alpha value is -0.190. The van der Waals surface area contributed by atoms with E-state index in [0.717, 1.165) is 27.1 Å². The molecule has 0 radical (unpaired) electrons. The van der Waals surface area contributed by atoms with Crippen molar-refractivity contribution in [3.8, 4) is 0 Å². The van der Waals surface area contributed by atoms with E-state index in [1.807, 2.05) is 19.9 Å². The van der Waals surface area contributed by atoms with Gasteiger partial charge in [-0.15, -0.1) is 11.3 Å². The van der Waals surface area contributed by atoms with E-state index in [1.54, 1.807) is 11.3 Å². The molecule has 1 aliphatic rings. The molecule has 2 heterocycles. The van der Waals surface area contributed by atoms with E-state index in [2.05, 4.69) is 15.9 Å². The Balaban J connectivity index is 2.17. The molecule has 15 heavy (non-hydrogen) atoms. The number of aryl methyl sites for hydroxylation is 1. The summed E-state index contributed by atoms with van der Waals surface area (Å²) < 4.78 is 6.59. The maximum absolute atomic E-state index is 12.1. The first kappa shape index (κ1) is 11.3. The Morgan fingerprint density at radius 2 is 2.33 bits per heavy atom. The first-order valence-corrected chi connectivity index (χ1v) is 6.64. The van der Waals surface area contributed by atoms with E-state index in [-0.39, 0.29) is 18.0 Å². The van der Waals surface area contributed by atoms with Crippen molar-refractivity contribution in [2.24, 2.45) is 0 Å². The van der Waals surface area contributed by atoms with Gasteiger partial charge in [0.2, 0.25) is 0 Å². The van der Waals surface area contributed by atoms with Crippen molar-refractivity contribution in [3.63, 3.8) is 0 Å². The summed E-state index contributed by atoms with van der Waals surface area (Å²) in [6.07, 6.45) is 1.84. The van der Waals surface area contributed by atoms with Crippen LogP contribution in [0.15, 0.2) is 9.85 Å². The van der Waals surface area contributed by atoms with E-state index in [0.29, 0.717) is 0 Å². The zero-order valence-electron chi connectivity index (χ0n) is 8.75. The number of thiophene rings is 1. The molecule has 0 amide bonds. The Labute approximate surface area is 102 Å². The summed E-state index contributed by atoms with van der Waals surface area (Å²) in [7, 11) is 0. The SMILES string of the molecule is Cc1sc(Br)cc1C(=O)C1CCC(C)O1. The number of carbonyl (C=O) groups excluding carboxylic acids is 1. The molecular weight excluding hydrogens is 276 g/mol. The second-order valence-electron chi connectivity index (χ2n) is 3.90. The second kappa shape index (κ2) is 4.36. The van der Waals surface area contributed by atoms with E-state index in [1.165, 1.54) is 0 Å². The van der Waals surface area contributed by atoms with Crippen molar-refractivity contribution in [3.05, 3.63) is 20.3 Å². The molecule has 1 aromatic rings. The van der Waals surface area contributed by atoms with Gasteiger partial charge >= 0.3 is 0 Å². The number of Topliss-reactive ketones (excluding diaryl/α,β-unsaturated/α-hetero) is 1. The van der Waals surface area contributed by atoms with Gasteiger partial charge in [0, 0.05) is 10.4 Å². The smallest absolute Gasteiger partial charge is 0.192 e. The van der Waals surface area contributed by atoms with Gasteiger partial charge in [0.25, 0.3) is 0 Å². The second-order valence-corrected chi connectivity index (χ2v) is 6.53. The zero-order chi connectivity index (χ0) is 11.0. The first-order valence-electron chi connectivity index (χ1n) is 5.03. The highest BCUT2D eigenvalue weighted by atomic mass is 79.9. The van der Waals surface area contributed by atoms with Gasteiger partial charge in [-0.05, 0) is 48.7 Å². The maximum atomic E-state index is 12.1. The Morgan fingerprint density at radius 3 is 2.80 bits per heavy atom. The number of rotatable bonds is 2. The molecule has 0 aliphatic carbocycles. The standard InChI is InChI=1S/C11H13BrO2S/c1-6-3-4-9(14-6)11(13)8-5-10(12)15-7(8)2/h5-6,9H,3-4H2,1-2H3. The van der Waals surface area contributed by atoms with Gasteiger partial charge < -0.3 is 4.74 Å². The molecule has 82 valence electrons. The Bertz CT molecular complexity index is 386. The summed E-state index contributed by atoms with van der Waals surface area (Å²) in [5, 5.41) is 0. The molecule has 0 spiro atoms. The minimum atomic E-state index is -0.222. The molecule has 0 aromatic carbocycles. The third-order valence-electron chi connectivity index (χ3n) is 2.68. The molecule has 1 fully saturated rings. The van der Waals surface area contributed by atoms with E-state index in [4.69, 9.17) is 4.74 Å². The van der Waals surface area contributed by atoms with Crippen LogP contribution in [0.5, 0.6) is 0 Å². The lowest BCUT2D eigenvalue weighted by Crippen LogP contribution is -2.20. The quantitative estimate of drug-likeness (QED) is 0.778. The van der Waals surface area contributed by atoms with E-state index >= 15 is 0 Å². The van der Waals surface area contributed by atoms with Crippen LogP contribution < -0.4 is 0 Å². The molecule has 1 saturated heterocycles. The number of hydrogen-bond donors (Lipinski definition) is 0. The highest BCUT2D eigenvalue weighted by Gasteiger charge is 2.30. The molecular formula is C11H13BrO2S. The van der Waals surface area contributed by atoms with Crippen molar-refractivity contribution in [1.82, 2.24) is 0 Å². The highest BCUT2D eigenvalue weighted by molar-refractivity contribution is 9.11. The van der Waals surface area contributed by atoms with Crippen LogP contribution >= 0.6 is 27.3 Å². The van der Waals surface area contributed by atoms with Crippen molar-refractivity contribution in [1.29, 1.82) is 0 Å². The van der Waals surface area contributed by atoms with Crippen LogP contribution in [0.25, 0.3) is 0 Å². The minimum absolute atomic E-state index is 0.138. The average molecular weight is 289 g/mol. The van der Waals surface area contributed by atoms with Gasteiger partial charge in [-0.3, -0.25) is 4.79 Å². The van der Waals surface area contributed by atoms with Crippen molar-refractivity contribution in [2.75, 3.05) is 0 Å². The molecule has 2 rings (SSSR count).